The van der Waals surface area contributed by atoms with Crippen LogP contribution in [0.4, 0.5) is 5.82 Å². The van der Waals surface area contributed by atoms with Crippen LogP contribution in [0.25, 0.3) is 0 Å². The predicted octanol–water partition coefficient (Wildman–Crippen LogP) is 4.20. The molecule has 0 bridgehead atoms. The Morgan fingerprint density at radius 3 is 1.95 bits per heavy atom. The van der Waals surface area contributed by atoms with E-state index in [1.165, 1.54) is 29.2 Å². The summed E-state index contributed by atoms with van der Waals surface area (Å²) in [6.07, 6.45) is 1.84. The molecule has 2 nitrogen and oxygen atoms in total. The van der Waals surface area contributed by atoms with E-state index >= 15 is 0 Å². The molecule has 0 amide bonds. The lowest BCUT2D eigenvalue weighted by atomic mass is 9.92. The molecule has 0 aromatic carbocycles. The highest BCUT2D eigenvalue weighted by molar-refractivity contribution is 6.87. The molecule has 1 aromatic rings. The monoisotopic (exact) mass is 271 g/mol. The number of hydrogen-bond acceptors (Lipinski definition) is 2. The highest BCUT2D eigenvalue weighted by Crippen LogP contribution is 2.55. The number of pyridine rings is 1. The molecule has 1 aliphatic rings. The highest BCUT2D eigenvalue weighted by atomic mass is 28.3. The number of rotatable bonds is 3. The second-order valence-corrected chi connectivity index (χ2v) is 9.84. The van der Waals surface area contributed by atoms with Crippen LogP contribution in [0.15, 0.2) is 24.4 Å². The summed E-state index contributed by atoms with van der Waals surface area (Å²) in [5, 5.41) is 0. The van der Waals surface area contributed by atoms with Gasteiger partial charge in [-0.1, -0.05) is 46.9 Å². The van der Waals surface area contributed by atoms with Crippen molar-refractivity contribution in [3.8, 4) is 0 Å². The third kappa shape index (κ3) is 2.71. The van der Waals surface area contributed by atoms with Crippen LogP contribution in [0.1, 0.15) is 27.7 Å². The van der Waals surface area contributed by atoms with Crippen molar-refractivity contribution >= 4 is 14.1 Å². The summed E-state index contributed by atoms with van der Waals surface area (Å²) in [4.78, 5) is 8.09. The summed E-state index contributed by atoms with van der Waals surface area (Å²) < 4.78 is 0. The fourth-order valence-electron chi connectivity index (χ4n) is 2.98. The maximum Gasteiger partial charge on any atom is 0.156 e. The molecule has 5 radical (unpaired) electrons. The lowest BCUT2D eigenvalue weighted by Crippen LogP contribution is -2.47. The van der Waals surface area contributed by atoms with Crippen LogP contribution in [-0.2, 0) is 0 Å². The number of nitrogens with zero attached hydrogens (tertiary/aromatic N) is 1. The maximum absolute atomic E-state index is 4.40. The normalized spacial score (nSPS) is 21.2. The van der Waals surface area contributed by atoms with Gasteiger partial charge in [0, 0.05) is 11.7 Å². The van der Waals surface area contributed by atoms with Crippen molar-refractivity contribution in [3.05, 3.63) is 53.6 Å². The standard InChI is InChI=1S/C16H23N2Si/c1-11-12(2)14(4)16(13(11)3)19(5,6)18-15-9-7-8-10-17-15/h7-10H,1-6H3,(H,17,18). The fourth-order valence-corrected chi connectivity index (χ4v) is 6.14. The first kappa shape index (κ1) is 14.6. The van der Waals surface area contributed by atoms with Crippen molar-refractivity contribution in [2.24, 2.45) is 0 Å². The van der Waals surface area contributed by atoms with Gasteiger partial charge in [0.25, 0.3) is 0 Å². The summed E-state index contributed by atoms with van der Waals surface area (Å²) >= 11 is 0. The first-order valence-corrected chi connectivity index (χ1v) is 9.77. The molecule has 1 N–H and O–H groups in total. The largest absolute Gasteiger partial charge is 0.395 e. The van der Waals surface area contributed by atoms with Crippen molar-refractivity contribution < 1.29 is 0 Å². The van der Waals surface area contributed by atoms with Crippen LogP contribution in [0, 0.1) is 29.2 Å². The van der Waals surface area contributed by atoms with Gasteiger partial charge in [-0.05, 0) is 35.8 Å². The van der Waals surface area contributed by atoms with E-state index in [1.807, 2.05) is 24.4 Å². The van der Waals surface area contributed by atoms with Gasteiger partial charge in [0.15, 0.2) is 8.24 Å². The highest BCUT2D eigenvalue weighted by Gasteiger charge is 2.51. The molecule has 1 aliphatic carbocycles. The third-order valence-corrected chi connectivity index (χ3v) is 7.05. The summed E-state index contributed by atoms with van der Waals surface area (Å²) in [5.41, 5.74) is 1.54. The maximum atomic E-state index is 4.40. The van der Waals surface area contributed by atoms with E-state index in [9.17, 15) is 0 Å². The summed E-state index contributed by atoms with van der Waals surface area (Å²) in [7, 11) is -1.73. The van der Waals surface area contributed by atoms with Crippen molar-refractivity contribution in [1.29, 1.82) is 0 Å². The van der Waals surface area contributed by atoms with Crippen LogP contribution in [0.2, 0.25) is 13.1 Å². The van der Waals surface area contributed by atoms with E-state index in [4.69, 9.17) is 0 Å². The molecule has 0 unspecified atom stereocenters. The van der Waals surface area contributed by atoms with Gasteiger partial charge in [0.1, 0.15) is 5.82 Å². The van der Waals surface area contributed by atoms with Crippen LogP contribution in [0.5, 0.6) is 0 Å². The zero-order valence-corrected chi connectivity index (χ0v) is 13.8. The minimum absolute atomic E-state index is 0.981. The molecule has 1 fully saturated rings. The lowest BCUT2D eigenvalue weighted by Gasteiger charge is -2.35. The van der Waals surface area contributed by atoms with Gasteiger partial charge in [-0.2, -0.15) is 0 Å². The Morgan fingerprint density at radius 2 is 1.47 bits per heavy atom. The minimum Gasteiger partial charge on any atom is -0.395 e. The van der Waals surface area contributed by atoms with E-state index < -0.39 is 8.24 Å². The minimum atomic E-state index is -1.73. The van der Waals surface area contributed by atoms with Crippen LogP contribution >= 0.6 is 0 Å². The quantitative estimate of drug-likeness (QED) is 0.833. The molecule has 0 atom stereocenters. The first-order chi connectivity index (χ1) is 8.84. The number of anilines is 1. The SMILES string of the molecule is C[C]1[C](C)[C](C)[C]([Si](C)(C)Nc2ccccn2)[C]1C. The third-order valence-electron chi connectivity index (χ3n) is 4.17. The Balaban J connectivity index is 2.20. The molecule has 1 saturated carbocycles. The smallest absolute Gasteiger partial charge is 0.156 e. The van der Waals surface area contributed by atoms with Gasteiger partial charge in [-0.3, -0.25) is 0 Å². The molecular formula is C16H23N2Si. The number of aromatic nitrogens is 1. The van der Waals surface area contributed by atoms with Gasteiger partial charge in [-0.15, -0.1) is 0 Å². The number of hydrogen-bond donors (Lipinski definition) is 1. The Morgan fingerprint density at radius 1 is 0.895 bits per heavy atom. The molecule has 1 heterocycles. The van der Waals surface area contributed by atoms with Gasteiger partial charge < -0.3 is 4.98 Å². The molecule has 101 valence electrons. The molecule has 3 heteroatoms. The zero-order chi connectivity index (χ0) is 14.2. The van der Waals surface area contributed by atoms with Gasteiger partial charge >= 0.3 is 0 Å². The molecular weight excluding hydrogens is 248 g/mol. The Hall–Kier alpha value is -0.833. The lowest BCUT2D eigenvalue weighted by molar-refractivity contribution is 0.973. The van der Waals surface area contributed by atoms with Crippen LogP contribution < -0.4 is 4.98 Å². The van der Waals surface area contributed by atoms with Gasteiger partial charge in [0.2, 0.25) is 0 Å². The van der Waals surface area contributed by atoms with E-state index in [0.717, 1.165) is 5.82 Å². The Bertz CT molecular complexity index is 404. The van der Waals surface area contributed by atoms with E-state index in [0.29, 0.717) is 0 Å². The zero-order valence-electron chi connectivity index (χ0n) is 12.8. The molecule has 0 aliphatic heterocycles. The second-order valence-electron chi connectivity index (χ2n) is 5.84. The molecule has 0 saturated heterocycles. The van der Waals surface area contributed by atoms with E-state index in [2.05, 4.69) is 50.8 Å². The summed E-state index contributed by atoms with van der Waals surface area (Å²) in [6.45, 7) is 13.7. The predicted molar refractivity (Wildman–Crippen MR) is 84.3 cm³/mol. The van der Waals surface area contributed by atoms with Crippen LogP contribution in [0.3, 0.4) is 0 Å². The molecule has 0 spiro atoms. The van der Waals surface area contributed by atoms with Crippen molar-refractivity contribution in [3.63, 3.8) is 0 Å². The van der Waals surface area contributed by atoms with Gasteiger partial charge in [-0.25, -0.2) is 4.98 Å². The topological polar surface area (TPSA) is 24.9 Å². The van der Waals surface area contributed by atoms with E-state index in [1.54, 1.807) is 0 Å². The van der Waals surface area contributed by atoms with Crippen LogP contribution in [-0.4, -0.2) is 13.2 Å². The summed E-state index contributed by atoms with van der Waals surface area (Å²) in [5.74, 6) is 6.77. The second kappa shape index (κ2) is 5.27. The first-order valence-electron chi connectivity index (χ1n) is 6.77. The summed E-state index contributed by atoms with van der Waals surface area (Å²) in [6, 6.07) is 6.02. The van der Waals surface area contributed by atoms with E-state index in [-0.39, 0.29) is 0 Å². The van der Waals surface area contributed by atoms with Crippen molar-refractivity contribution in [2.45, 2.75) is 40.8 Å². The average molecular weight is 271 g/mol. The Kier molecular flexibility index (Phi) is 4.05. The molecule has 2 rings (SSSR count). The molecule has 1 aromatic heterocycles. The average Bonchev–Trinajstić information content (AvgIpc) is 2.55. The Labute approximate surface area is 119 Å². The van der Waals surface area contributed by atoms with Gasteiger partial charge in [0.05, 0.1) is 0 Å². The molecule has 19 heavy (non-hydrogen) atoms. The van der Waals surface area contributed by atoms with Crippen molar-refractivity contribution in [1.82, 2.24) is 4.98 Å². The number of nitrogens with one attached hydrogen (secondary N) is 1. The van der Waals surface area contributed by atoms with Crippen molar-refractivity contribution in [2.75, 3.05) is 4.98 Å². The fraction of sp³-hybridized carbons (Fsp3) is 0.375.